The number of fused-ring (bicyclic) bond motifs is 1. The van der Waals surface area contributed by atoms with Crippen LogP contribution in [-0.2, 0) is 10.0 Å². The van der Waals surface area contributed by atoms with Crippen LogP contribution in [0.2, 0.25) is 5.02 Å². The van der Waals surface area contributed by atoms with E-state index in [2.05, 4.69) is 20.7 Å². The second-order valence-corrected chi connectivity index (χ2v) is 9.07. The highest BCUT2D eigenvalue weighted by atomic mass is 79.9. The number of halogens is 2. The molecule has 22 heavy (non-hydrogen) atoms. The maximum Gasteiger partial charge on any atom is 0.242 e. The van der Waals surface area contributed by atoms with Crippen molar-refractivity contribution in [2.24, 2.45) is 0 Å². The summed E-state index contributed by atoms with van der Waals surface area (Å²) in [5.41, 5.74) is 1.02. The lowest BCUT2D eigenvalue weighted by molar-refractivity contribution is 0.546. The first kappa shape index (κ1) is 16.3. The van der Waals surface area contributed by atoms with Crippen molar-refractivity contribution in [2.75, 3.05) is 5.75 Å². The van der Waals surface area contributed by atoms with Crippen molar-refractivity contribution in [1.29, 1.82) is 0 Å². The van der Waals surface area contributed by atoms with Gasteiger partial charge >= 0.3 is 0 Å². The monoisotopic (exact) mass is 417 g/mol. The maximum absolute atomic E-state index is 12.6. The summed E-state index contributed by atoms with van der Waals surface area (Å²) in [5.74, 6) is 0.887. The van der Waals surface area contributed by atoms with E-state index in [-0.39, 0.29) is 16.0 Å². The van der Waals surface area contributed by atoms with E-state index in [1.54, 1.807) is 23.9 Å². The first-order chi connectivity index (χ1) is 10.5. The number of rotatable bonds is 3. The van der Waals surface area contributed by atoms with Gasteiger partial charge in [0.2, 0.25) is 10.0 Å². The number of hydrogen-bond donors (Lipinski definition) is 1. The fourth-order valence-electron chi connectivity index (χ4n) is 2.41. The average molecular weight is 419 g/mol. The van der Waals surface area contributed by atoms with Crippen LogP contribution in [-0.4, -0.2) is 14.2 Å². The zero-order valence-electron chi connectivity index (χ0n) is 11.4. The SMILES string of the molecule is O=S(=O)(NC1CCSc2ccccc21)c1ccc(Br)cc1Cl. The van der Waals surface area contributed by atoms with Gasteiger partial charge in [0.05, 0.1) is 5.02 Å². The number of sulfonamides is 1. The summed E-state index contributed by atoms with van der Waals surface area (Å²) in [5, 5.41) is 0.209. The predicted molar refractivity (Wildman–Crippen MR) is 94.0 cm³/mol. The molecule has 2 aromatic carbocycles. The predicted octanol–water partition coefficient (Wildman–Crippen LogP) is 4.62. The third-order valence-electron chi connectivity index (χ3n) is 3.44. The van der Waals surface area contributed by atoms with Gasteiger partial charge in [-0.2, -0.15) is 0 Å². The fraction of sp³-hybridized carbons (Fsp3) is 0.200. The lowest BCUT2D eigenvalue weighted by Crippen LogP contribution is -2.30. The minimum atomic E-state index is -3.66. The van der Waals surface area contributed by atoms with Crippen LogP contribution in [0.5, 0.6) is 0 Å². The van der Waals surface area contributed by atoms with Crippen molar-refractivity contribution >= 4 is 49.3 Å². The van der Waals surface area contributed by atoms with Gasteiger partial charge in [0.1, 0.15) is 4.90 Å². The molecule has 7 heteroatoms. The molecule has 2 aromatic rings. The Kier molecular flexibility index (Phi) is 4.85. The molecular formula is C15H13BrClNO2S2. The molecule has 1 aliphatic heterocycles. The summed E-state index contributed by atoms with van der Waals surface area (Å²) in [6.07, 6.45) is 0.759. The molecule has 1 unspecified atom stereocenters. The van der Waals surface area contributed by atoms with Crippen molar-refractivity contribution in [3.05, 3.63) is 57.5 Å². The Labute approximate surface area is 147 Å². The van der Waals surface area contributed by atoms with Gasteiger partial charge < -0.3 is 0 Å². The first-order valence-electron chi connectivity index (χ1n) is 6.66. The normalized spacial score (nSPS) is 18.0. The number of hydrogen-bond acceptors (Lipinski definition) is 3. The summed E-state index contributed by atoms with van der Waals surface area (Å²) < 4.78 is 28.8. The van der Waals surface area contributed by atoms with Gasteiger partial charge in [-0.15, -0.1) is 11.8 Å². The Morgan fingerprint density at radius 2 is 2.00 bits per heavy atom. The molecule has 0 fully saturated rings. The zero-order chi connectivity index (χ0) is 15.7. The van der Waals surface area contributed by atoms with Crippen LogP contribution in [0.25, 0.3) is 0 Å². The Hall–Kier alpha value is -0.530. The Balaban J connectivity index is 1.93. The molecule has 0 aromatic heterocycles. The summed E-state index contributed by atoms with van der Waals surface area (Å²) >= 11 is 11.1. The van der Waals surface area contributed by atoms with Crippen molar-refractivity contribution < 1.29 is 8.42 Å². The molecule has 0 amide bonds. The van der Waals surface area contributed by atoms with Gasteiger partial charge in [-0.1, -0.05) is 45.7 Å². The van der Waals surface area contributed by atoms with Crippen LogP contribution < -0.4 is 4.72 Å². The number of thioether (sulfide) groups is 1. The lowest BCUT2D eigenvalue weighted by atomic mass is 10.1. The molecule has 0 spiro atoms. The van der Waals surface area contributed by atoms with E-state index in [1.165, 1.54) is 6.07 Å². The molecule has 0 aliphatic carbocycles. The minimum absolute atomic E-state index is 0.105. The first-order valence-corrected chi connectivity index (χ1v) is 10.3. The van der Waals surface area contributed by atoms with E-state index in [1.807, 2.05) is 24.3 Å². The van der Waals surface area contributed by atoms with E-state index < -0.39 is 10.0 Å². The van der Waals surface area contributed by atoms with Crippen LogP contribution in [0.3, 0.4) is 0 Å². The van der Waals surface area contributed by atoms with Crippen LogP contribution in [0.4, 0.5) is 0 Å². The van der Waals surface area contributed by atoms with Crippen molar-refractivity contribution in [2.45, 2.75) is 22.3 Å². The second-order valence-electron chi connectivity index (χ2n) is 4.92. The molecule has 1 aliphatic rings. The van der Waals surface area contributed by atoms with E-state index in [9.17, 15) is 8.42 Å². The third kappa shape index (κ3) is 3.36. The standard InChI is InChI=1S/C15H13BrClNO2S2/c16-10-5-6-15(12(17)9-10)22(19,20)18-13-7-8-21-14-4-2-1-3-11(13)14/h1-6,9,13,18H,7-8H2. The maximum atomic E-state index is 12.6. The summed E-state index contributed by atoms with van der Waals surface area (Å²) in [4.78, 5) is 1.23. The van der Waals surface area contributed by atoms with Crippen molar-refractivity contribution in [3.63, 3.8) is 0 Å². The lowest BCUT2D eigenvalue weighted by Gasteiger charge is -2.25. The topological polar surface area (TPSA) is 46.2 Å². The molecule has 116 valence electrons. The number of nitrogens with one attached hydrogen (secondary N) is 1. The van der Waals surface area contributed by atoms with Crippen LogP contribution >= 0.6 is 39.3 Å². The molecule has 1 atom stereocenters. The molecule has 0 saturated heterocycles. The van der Waals surface area contributed by atoms with E-state index >= 15 is 0 Å². The molecule has 3 rings (SSSR count). The van der Waals surface area contributed by atoms with Crippen LogP contribution in [0.15, 0.2) is 56.7 Å². The Bertz CT molecular complexity index is 811. The molecule has 0 radical (unpaired) electrons. The van der Waals surface area contributed by atoms with Crippen LogP contribution in [0, 0.1) is 0 Å². The molecule has 0 saturated carbocycles. The van der Waals surface area contributed by atoms with Gasteiger partial charge in [0, 0.05) is 15.4 Å². The Morgan fingerprint density at radius 1 is 1.23 bits per heavy atom. The highest BCUT2D eigenvalue weighted by molar-refractivity contribution is 9.10. The molecule has 1 N–H and O–H groups in total. The number of benzene rings is 2. The van der Waals surface area contributed by atoms with Gasteiger partial charge in [-0.3, -0.25) is 0 Å². The molecule has 1 heterocycles. The second kappa shape index (κ2) is 6.53. The molecular weight excluding hydrogens is 406 g/mol. The van der Waals surface area contributed by atoms with Gasteiger partial charge in [0.25, 0.3) is 0 Å². The van der Waals surface area contributed by atoms with Gasteiger partial charge in [-0.05, 0) is 42.0 Å². The molecule has 0 bridgehead atoms. The highest BCUT2D eigenvalue weighted by Crippen LogP contribution is 2.37. The fourth-order valence-corrected chi connectivity index (χ4v) is 5.82. The van der Waals surface area contributed by atoms with Gasteiger partial charge in [-0.25, -0.2) is 13.1 Å². The minimum Gasteiger partial charge on any atom is -0.207 e. The van der Waals surface area contributed by atoms with Crippen molar-refractivity contribution in [1.82, 2.24) is 4.72 Å². The van der Waals surface area contributed by atoms with E-state index in [4.69, 9.17) is 11.6 Å². The quantitative estimate of drug-likeness (QED) is 0.791. The van der Waals surface area contributed by atoms with Gasteiger partial charge in [0.15, 0.2) is 0 Å². The van der Waals surface area contributed by atoms with Crippen molar-refractivity contribution in [3.8, 4) is 0 Å². The largest absolute Gasteiger partial charge is 0.242 e. The smallest absolute Gasteiger partial charge is 0.207 e. The van der Waals surface area contributed by atoms with Crippen LogP contribution in [0.1, 0.15) is 18.0 Å². The summed E-state index contributed by atoms with van der Waals surface area (Å²) in [6.45, 7) is 0. The highest BCUT2D eigenvalue weighted by Gasteiger charge is 2.27. The van der Waals surface area contributed by atoms with E-state index in [0.29, 0.717) is 0 Å². The van der Waals surface area contributed by atoms with E-state index in [0.717, 1.165) is 27.1 Å². The Morgan fingerprint density at radius 3 is 2.77 bits per heavy atom. The average Bonchev–Trinajstić information content (AvgIpc) is 2.47. The summed E-state index contributed by atoms with van der Waals surface area (Å²) in [7, 11) is -3.66. The molecule has 3 nitrogen and oxygen atoms in total. The zero-order valence-corrected chi connectivity index (χ0v) is 15.4. The summed E-state index contributed by atoms with van der Waals surface area (Å²) in [6, 6.07) is 12.4. The third-order valence-corrected chi connectivity index (χ3v) is 7.01.